The fourth-order valence-corrected chi connectivity index (χ4v) is 1.55. The summed E-state index contributed by atoms with van der Waals surface area (Å²) >= 11 is 0. The van der Waals surface area contributed by atoms with E-state index in [2.05, 4.69) is 15.5 Å². The zero-order chi connectivity index (χ0) is 12.1. The molecule has 88 valence electrons. The average molecular weight is 230 g/mol. The lowest BCUT2D eigenvalue weighted by molar-refractivity contribution is -0.116. The van der Waals surface area contributed by atoms with E-state index < -0.39 is 0 Å². The van der Waals surface area contributed by atoms with Crippen LogP contribution in [0.3, 0.4) is 0 Å². The lowest BCUT2D eigenvalue weighted by atomic mass is 10.1. The van der Waals surface area contributed by atoms with Crippen LogP contribution in [-0.2, 0) is 11.2 Å². The van der Waals surface area contributed by atoms with E-state index >= 15 is 0 Å². The number of aryl methyl sites for hydroxylation is 1. The molecule has 0 saturated heterocycles. The first-order chi connectivity index (χ1) is 8.25. The highest BCUT2D eigenvalue weighted by Crippen LogP contribution is 2.13. The van der Waals surface area contributed by atoms with E-state index in [0.717, 1.165) is 11.3 Å². The Labute approximate surface area is 99.0 Å². The third kappa shape index (κ3) is 3.07. The molecule has 5 nitrogen and oxygen atoms in total. The van der Waals surface area contributed by atoms with Crippen molar-refractivity contribution in [1.82, 2.24) is 10.2 Å². The van der Waals surface area contributed by atoms with Crippen molar-refractivity contribution in [2.24, 2.45) is 0 Å². The van der Waals surface area contributed by atoms with Crippen molar-refractivity contribution in [3.63, 3.8) is 0 Å². The molecule has 0 unspecified atom stereocenters. The molecule has 0 aliphatic heterocycles. The second-order valence-corrected chi connectivity index (χ2v) is 3.73. The number of nitrogens with zero attached hydrogens (tertiary/aromatic N) is 1. The number of anilines is 2. The number of aromatic nitrogens is 2. The molecule has 0 spiro atoms. The molecular weight excluding hydrogens is 216 g/mol. The summed E-state index contributed by atoms with van der Waals surface area (Å²) in [4.78, 5) is 11.6. The summed E-state index contributed by atoms with van der Waals surface area (Å²) in [5.74, 6) is -0.0466. The molecule has 1 aromatic carbocycles. The van der Waals surface area contributed by atoms with Crippen molar-refractivity contribution < 1.29 is 4.79 Å². The largest absolute Gasteiger partial charge is 0.399 e. The molecule has 1 aromatic heterocycles. The van der Waals surface area contributed by atoms with Crippen molar-refractivity contribution in [1.29, 1.82) is 0 Å². The van der Waals surface area contributed by atoms with Crippen LogP contribution in [0.25, 0.3) is 0 Å². The third-order valence-electron chi connectivity index (χ3n) is 2.46. The van der Waals surface area contributed by atoms with Gasteiger partial charge in [-0.05, 0) is 18.1 Å². The smallest absolute Gasteiger partial charge is 0.224 e. The summed E-state index contributed by atoms with van der Waals surface area (Å²) in [6.07, 6.45) is 4.24. The van der Waals surface area contributed by atoms with Crippen LogP contribution in [-0.4, -0.2) is 16.1 Å². The molecule has 0 aliphatic carbocycles. The molecule has 17 heavy (non-hydrogen) atoms. The molecule has 1 heterocycles. The summed E-state index contributed by atoms with van der Waals surface area (Å²) in [6, 6.07) is 7.56. The molecule has 0 aliphatic rings. The van der Waals surface area contributed by atoms with Gasteiger partial charge in [-0.15, -0.1) is 0 Å². The lowest BCUT2D eigenvalue weighted by Gasteiger charge is -2.05. The molecule has 0 fully saturated rings. The summed E-state index contributed by atoms with van der Waals surface area (Å²) in [5, 5.41) is 9.12. The molecule has 2 rings (SSSR count). The number of carbonyl (C=O) groups excluding carboxylic acids is 1. The normalized spacial score (nSPS) is 10.1. The van der Waals surface area contributed by atoms with Gasteiger partial charge in [0.05, 0.1) is 11.9 Å². The maximum atomic E-state index is 11.6. The Hall–Kier alpha value is -2.30. The fraction of sp³-hybridized carbons (Fsp3) is 0.167. The highest BCUT2D eigenvalue weighted by atomic mass is 16.1. The van der Waals surface area contributed by atoms with E-state index in [1.54, 1.807) is 12.4 Å². The molecule has 5 heteroatoms. The van der Waals surface area contributed by atoms with Crippen LogP contribution in [0.4, 0.5) is 11.4 Å². The van der Waals surface area contributed by atoms with Crippen LogP contribution < -0.4 is 11.1 Å². The van der Waals surface area contributed by atoms with Gasteiger partial charge in [-0.2, -0.15) is 5.10 Å². The quantitative estimate of drug-likeness (QED) is 0.697. The number of benzene rings is 1. The zero-order valence-corrected chi connectivity index (χ0v) is 9.31. The van der Waals surface area contributed by atoms with Gasteiger partial charge in [0.15, 0.2) is 0 Å². The molecule has 1 amide bonds. The minimum Gasteiger partial charge on any atom is -0.399 e. The number of nitrogen functional groups attached to an aromatic ring is 1. The van der Waals surface area contributed by atoms with Crippen LogP contribution in [0.15, 0.2) is 36.7 Å². The Kier molecular flexibility index (Phi) is 3.40. The first kappa shape index (κ1) is 11.2. The number of aromatic amines is 1. The van der Waals surface area contributed by atoms with E-state index in [9.17, 15) is 4.79 Å². The van der Waals surface area contributed by atoms with Gasteiger partial charge in [0.25, 0.3) is 0 Å². The van der Waals surface area contributed by atoms with Gasteiger partial charge in [-0.1, -0.05) is 18.2 Å². The first-order valence-corrected chi connectivity index (χ1v) is 5.38. The number of rotatable bonds is 4. The Morgan fingerprint density at radius 2 is 2.24 bits per heavy atom. The number of nitrogens with two attached hydrogens (primary N) is 1. The number of H-pyrrole nitrogens is 1. The molecule has 0 radical (unpaired) electrons. The van der Waals surface area contributed by atoms with E-state index in [1.807, 2.05) is 24.3 Å². The summed E-state index contributed by atoms with van der Waals surface area (Å²) in [5.41, 5.74) is 8.19. The third-order valence-corrected chi connectivity index (χ3v) is 2.46. The van der Waals surface area contributed by atoms with Gasteiger partial charge in [0, 0.05) is 18.3 Å². The van der Waals surface area contributed by atoms with Crippen molar-refractivity contribution in [2.45, 2.75) is 12.8 Å². The number of hydrogen-bond donors (Lipinski definition) is 3. The fourth-order valence-electron chi connectivity index (χ4n) is 1.55. The number of hydrogen-bond acceptors (Lipinski definition) is 3. The SMILES string of the molecule is Nc1ccccc1CCC(=O)Nc1cn[nH]c1. The average Bonchev–Trinajstić information content (AvgIpc) is 2.81. The van der Waals surface area contributed by atoms with Crippen molar-refractivity contribution in [3.05, 3.63) is 42.2 Å². The van der Waals surface area contributed by atoms with Crippen LogP contribution in [0.2, 0.25) is 0 Å². The monoisotopic (exact) mass is 230 g/mol. The Morgan fingerprint density at radius 3 is 2.94 bits per heavy atom. The second-order valence-electron chi connectivity index (χ2n) is 3.73. The minimum atomic E-state index is -0.0466. The second kappa shape index (κ2) is 5.16. The van der Waals surface area contributed by atoms with Gasteiger partial charge in [-0.3, -0.25) is 9.89 Å². The Morgan fingerprint density at radius 1 is 1.41 bits per heavy atom. The first-order valence-electron chi connectivity index (χ1n) is 5.38. The lowest BCUT2D eigenvalue weighted by Crippen LogP contribution is -2.12. The van der Waals surface area contributed by atoms with E-state index in [1.165, 1.54) is 0 Å². The predicted molar refractivity (Wildman–Crippen MR) is 66.4 cm³/mol. The van der Waals surface area contributed by atoms with Crippen molar-refractivity contribution in [3.8, 4) is 0 Å². The number of para-hydroxylation sites is 1. The van der Waals surface area contributed by atoms with Gasteiger partial charge >= 0.3 is 0 Å². The summed E-state index contributed by atoms with van der Waals surface area (Å²) in [7, 11) is 0. The molecular formula is C12H14N4O. The predicted octanol–water partition coefficient (Wildman–Crippen LogP) is 1.56. The van der Waals surface area contributed by atoms with E-state index in [-0.39, 0.29) is 5.91 Å². The Balaban J connectivity index is 1.86. The summed E-state index contributed by atoms with van der Waals surface area (Å²) < 4.78 is 0. The Bertz CT molecular complexity index is 493. The highest BCUT2D eigenvalue weighted by molar-refractivity contribution is 5.90. The highest BCUT2D eigenvalue weighted by Gasteiger charge is 2.05. The topological polar surface area (TPSA) is 83.8 Å². The number of amides is 1. The zero-order valence-electron chi connectivity index (χ0n) is 9.31. The number of carbonyl (C=O) groups is 1. The minimum absolute atomic E-state index is 0.0466. The summed E-state index contributed by atoms with van der Waals surface area (Å²) in [6.45, 7) is 0. The van der Waals surface area contributed by atoms with Crippen molar-refractivity contribution >= 4 is 17.3 Å². The van der Waals surface area contributed by atoms with Gasteiger partial charge in [0.2, 0.25) is 5.91 Å². The van der Waals surface area contributed by atoms with Crippen LogP contribution in [0, 0.1) is 0 Å². The van der Waals surface area contributed by atoms with Crippen LogP contribution >= 0.6 is 0 Å². The molecule has 0 saturated carbocycles. The number of nitrogens with one attached hydrogen (secondary N) is 2. The molecule has 0 bridgehead atoms. The molecule has 4 N–H and O–H groups in total. The maximum Gasteiger partial charge on any atom is 0.224 e. The standard InChI is InChI=1S/C12H14N4O/c13-11-4-2-1-3-9(11)5-6-12(17)16-10-7-14-15-8-10/h1-4,7-8H,5-6,13H2,(H,14,15)(H,16,17). The van der Waals surface area contributed by atoms with Gasteiger partial charge in [0.1, 0.15) is 0 Å². The molecule has 0 atom stereocenters. The van der Waals surface area contributed by atoms with Crippen LogP contribution in [0.1, 0.15) is 12.0 Å². The van der Waals surface area contributed by atoms with Gasteiger partial charge < -0.3 is 11.1 Å². The van der Waals surface area contributed by atoms with E-state index in [0.29, 0.717) is 18.5 Å². The van der Waals surface area contributed by atoms with Crippen molar-refractivity contribution in [2.75, 3.05) is 11.1 Å². The van der Waals surface area contributed by atoms with Crippen LogP contribution in [0.5, 0.6) is 0 Å². The maximum absolute atomic E-state index is 11.6. The molecule has 2 aromatic rings. The van der Waals surface area contributed by atoms with Gasteiger partial charge in [-0.25, -0.2) is 0 Å². The van der Waals surface area contributed by atoms with E-state index in [4.69, 9.17) is 5.73 Å².